The number of imidazole rings is 1. The minimum atomic E-state index is -1.39. The molecule has 0 unspecified atom stereocenters. The second kappa shape index (κ2) is 6.29. The number of benzene rings is 2. The molecule has 0 aliphatic carbocycles. The fourth-order valence-corrected chi connectivity index (χ4v) is 2.39. The third-order valence-electron chi connectivity index (χ3n) is 3.34. The van der Waals surface area contributed by atoms with E-state index in [-0.39, 0.29) is 10.7 Å². The number of halogens is 3. The van der Waals surface area contributed by atoms with E-state index < -0.39 is 28.9 Å². The lowest BCUT2D eigenvalue weighted by molar-refractivity contribution is 0.0697. The van der Waals surface area contributed by atoms with Gasteiger partial charge in [0.15, 0.2) is 11.6 Å². The summed E-state index contributed by atoms with van der Waals surface area (Å²) in [7, 11) is 0. The van der Waals surface area contributed by atoms with E-state index in [9.17, 15) is 13.6 Å². The van der Waals surface area contributed by atoms with Crippen LogP contribution < -0.4 is 5.32 Å². The number of carbonyl (C=O) groups is 1. The summed E-state index contributed by atoms with van der Waals surface area (Å²) in [5, 5.41) is 11.9. The average Bonchev–Trinajstić information content (AvgIpc) is 3.07. The zero-order chi connectivity index (χ0) is 17.3. The molecule has 1 aromatic heterocycles. The predicted molar refractivity (Wildman–Crippen MR) is 85.2 cm³/mol. The number of aromatic nitrogens is 2. The Kier molecular flexibility index (Phi) is 4.18. The first-order valence-electron chi connectivity index (χ1n) is 6.73. The van der Waals surface area contributed by atoms with Crippen molar-refractivity contribution in [1.82, 2.24) is 9.55 Å². The number of carboxylic acid groups (broad SMARTS) is 1. The van der Waals surface area contributed by atoms with E-state index in [0.717, 1.165) is 12.1 Å². The molecule has 3 aromatic rings. The van der Waals surface area contributed by atoms with Crippen LogP contribution in [0.4, 0.5) is 20.2 Å². The van der Waals surface area contributed by atoms with E-state index in [1.165, 1.54) is 6.07 Å². The zero-order valence-electron chi connectivity index (χ0n) is 12.0. The lowest BCUT2D eigenvalue weighted by Crippen LogP contribution is -2.07. The number of hydrogen-bond acceptors (Lipinski definition) is 3. The van der Waals surface area contributed by atoms with Gasteiger partial charge in [-0.05, 0) is 30.3 Å². The Balaban J connectivity index is 2.00. The molecule has 5 nitrogen and oxygen atoms in total. The topological polar surface area (TPSA) is 67.2 Å². The first-order valence-corrected chi connectivity index (χ1v) is 7.11. The molecular weight excluding hydrogens is 340 g/mol. The number of anilines is 2. The highest BCUT2D eigenvalue weighted by Crippen LogP contribution is 2.31. The highest BCUT2D eigenvalue weighted by Gasteiger charge is 2.19. The smallest absolute Gasteiger partial charge is 0.337 e. The number of nitrogens with one attached hydrogen (secondary N) is 1. The van der Waals surface area contributed by atoms with Gasteiger partial charge >= 0.3 is 5.97 Å². The van der Waals surface area contributed by atoms with Crippen LogP contribution in [0, 0.1) is 11.6 Å². The molecule has 24 heavy (non-hydrogen) atoms. The van der Waals surface area contributed by atoms with Crippen LogP contribution in [-0.4, -0.2) is 20.6 Å². The summed E-state index contributed by atoms with van der Waals surface area (Å²) in [6, 6.07) is 6.54. The molecule has 0 aliphatic heterocycles. The van der Waals surface area contributed by atoms with Crippen molar-refractivity contribution in [2.45, 2.75) is 0 Å². The molecule has 122 valence electrons. The molecule has 0 saturated carbocycles. The number of carboxylic acids is 1. The maximum Gasteiger partial charge on any atom is 0.337 e. The van der Waals surface area contributed by atoms with Crippen LogP contribution in [0.1, 0.15) is 10.4 Å². The minimum absolute atomic E-state index is 0.209. The Morgan fingerprint density at radius 1 is 1.25 bits per heavy atom. The summed E-state index contributed by atoms with van der Waals surface area (Å²) < 4.78 is 29.1. The summed E-state index contributed by atoms with van der Waals surface area (Å²) in [4.78, 5) is 15.1. The third-order valence-corrected chi connectivity index (χ3v) is 3.65. The molecule has 0 radical (unpaired) electrons. The summed E-state index contributed by atoms with van der Waals surface area (Å²) >= 11 is 6.16. The van der Waals surface area contributed by atoms with Crippen LogP contribution in [0.5, 0.6) is 0 Å². The molecule has 2 aromatic carbocycles. The van der Waals surface area contributed by atoms with Crippen LogP contribution >= 0.6 is 11.6 Å². The molecule has 0 saturated heterocycles. The van der Waals surface area contributed by atoms with Crippen LogP contribution in [0.25, 0.3) is 5.69 Å². The maximum atomic E-state index is 14.0. The quantitative estimate of drug-likeness (QED) is 0.739. The van der Waals surface area contributed by atoms with E-state index >= 15 is 0 Å². The van der Waals surface area contributed by atoms with Crippen molar-refractivity contribution in [2.24, 2.45) is 0 Å². The second-order valence-corrected chi connectivity index (χ2v) is 5.26. The average molecular weight is 350 g/mol. The number of aromatic carboxylic acids is 1. The predicted octanol–water partition coefficient (Wildman–Crippen LogP) is 4.25. The number of nitrogens with zero attached hydrogens (tertiary/aromatic N) is 2. The van der Waals surface area contributed by atoms with Crippen molar-refractivity contribution < 1.29 is 18.7 Å². The fourth-order valence-electron chi connectivity index (χ4n) is 2.16. The van der Waals surface area contributed by atoms with Crippen molar-refractivity contribution in [3.63, 3.8) is 0 Å². The summed E-state index contributed by atoms with van der Waals surface area (Å²) in [6.07, 6.45) is 4.89. The molecular formula is C16H10ClF2N3O2. The van der Waals surface area contributed by atoms with Crippen molar-refractivity contribution in [1.29, 1.82) is 0 Å². The van der Waals surface area contributed by atoms with Gasteiger partial charge in [0.1, 0.15) is 0 Å². The van der Waals surface area contributed by atoms with Crippen LogP contribution in [0.3, 0.4) is 0 Å². The van der Waals surface area contributed by atoms with E-state index in [1.807, 2.05) is 0 Å². The molecule has 0 atom stereocenters. The Morgan fingerprint density at radius 2 is 2.04 bits per heavy atom. The van der Waals surface area contributed by atoms with E-state index in [4.69, 9.17) is 16.7 Å². The van der Waals surface area contributed by atoms with Gasteiger partial charge in [-0.25, -0.2) is 18.6 Å². The Labute approximate surface area is 140 Å². The van der Waals surface area contributed by atoms with Gasteiger partial charge in [-0.3, -0.25) is 0 Å². The molecule has 8 heteroatoms. The highest BCUT2D eigenvalue weighted by molar-refractivity contribution is 6.33. The monoisotopic (exact) mass is 349 g/mol. The number of rotatable bonds is 4. The van der Waals surface area contributed by atoms with Crippen molar-refractivity contribution in [2.75, 3.05) is 5.32 Å². The SMILES string of the molecule is O=C(O)c1ccc(F)c(F)c1Nc1ccc(-n2ccnc2)cc1Cl. The van der Waals surface area contributed by atoms with E-state index in [2.05, 4.69) is 10.3 Å². The van der Waals surface area contributed by atoms with Gasteiger partial charge < -0.3 is 15.0 Å². The number of hydrogen-bond donors (Lipinski definition) is 2. The van der Waals surface area contributed by atoms with Gasteiger partial charge in [0.05, 0.1) is 28.3 Å². The van der Waals surface area contributed by atoms with E-state index in [1.54, 1.807) is 35.4 Å². The van der Waals surface area contributed by atoms with Gasteiger partial charge in [0.2, 0.25) is 0 Å². The van der Waals surface area contributed by atoms with E-state index in [0.29, 0.717) is 5.69 Å². The largest absolute Gasteiger partial charge is 0.478 e. The molecule has 1 heterocycles. The zero-order valence-corrected chi connectivity index (χ0v) is 12.8. The molecule has 0 fully saturated rings. The molecule has 0 spiro atoms. The molecule has 0 bridgehead atoms. The van der Waals surface area contributed by atoms with Crippen LogP contribution in [-0.2, 0) is 0 Å². The Hall–Kier alpha value is -2.93. The highest BCUT2D eigenvalue weighted by atomic mass is 35.5. The van der Waals surface area contributed by atoms with Gasteiger partial charge in [-0.2, -0.15) is 0 Å². The minimum Gasteiger partial charge on any atom is -0.478 e. The second-order valence-electron chi connectivity index (χ2n) is 4.85. The van der Waals surface area contributed by atoms with Crippen LogP contribution in [0.15, 0.2) is 49.1 Å². The van der Waals surface area contributed by atoms with Gasteiger partial charge in [0, 0.05) is 18.1 Å². The Morgan fingerprint density at radius 3 is 2.67 bits per heavy atom. The Bertz CT molecular complexity index is 914. The molecule has 0 amide bonds. The van der Waals surface area contributed by atoms with Crippen molar-refractivity contribution in [3.05, 3.63) is 71.3 Å². The molecule has 3 rings (SSSR count). The summed E-state index contributed by atoms with van der Waals surface area (Å²) in [5.74, 6) is -3.83. The van der Waals surface area contributed by atoms with Gasteiger partial charge in [-0.1, -0.05) is 11.6 Å². The standard InChI is InChI=1S/C16H10ClF2N3O2/c17-11-7-9(22-6-5-20-8-22)1-4-13(11)21-15-10(16(23)24)2-3-12(18)14(15)19/h1-8,21H,(H,23,24). The van der Waals surface area contributed by atoms with Gasteiger partial charge in [0.25, 0.3) is 0 Å². The van der Waals surface area contributed by atoms with Crippen molar-refractivity contribution in [3.8, 4) is 5.69 Å². The molecule has 0 aliphatic rings. The fraction of sp³-hybridized carbons (Fsp3) is 0. The lowest BCUT2D eigenvalue weighted by Gasteiger charge is -2.13. The third kappa shape index (κ3) is 2.93. The van der Waals surface area contributed by atoms with Crippen LogP contribution in [0.2, 0.25) is 5.02 Å². The van der Waals surface area contributed by atoms with Gasteiger partial charge in [-0.15, -0.1) is 0 Å². The normalized spacial score (nSPS) is 10.6. The maximum absolute atomic E-state index is 14.0. The molecule has 2 N–H and O–H groups in total. The van der Waals surface area contributed by atoms with Crippen molar-refractivity contribution >= 4 is 28.9 Å². The lowest BCUT2D eigenvalue weighted by atomic mass is 10.1. The summed E-state index contributed by atoms with van der Waals surface area (Å²) in [6.45, 7) is 0. The summed E-state index contributed by atoms with van der Waals surface area (Å²) in [5.41, 5.74) is 0.0668. The first kappa shape index (κ1) is 15.9. The first-order chi connectivity index (χ1) is 11.5.